The van der Waals surface area contributed by atoms with Crippen LogP contribution < -0.4 is 0 Å². The van der Waals surface area contributed by atoms with Crippen molar-refractivity contribution in [3.63, 3.8) is 0 Å². The van der Waals surface area contributed by atoms with Crippen LogP contribution in [0.5, 0.6) is 5.75 Å². The minimum atomic E-state index is -0.870. The van der Waals surface area contributed by atoms with Gasteiger partial charge in [-0.1, -0.05) is 68.3 Å². The summed E-state index contributed by atoms with van der Waals surface area (Å²) < 4.78 is 35.3. The van der Waals surface area contributed by atoms with Crippen LogP contribution in [0.25, 0.3) is 28.6 Å². The molecule has 0 saturated heterocycles. The molecule has 0 aliphatic rings. The van der Waals surface area contributed by atoms with Crippen molar-refractivity contribution in [3.8, 4) is 28.3 Å². The van der Waals surface area contributed by atoms with Crippen molar-refractivity contribution in [3.05, 3.63) is 72.1 Å². The fourth-order valence-corrected chi connectivity index (χ4v) is 3.64. The number of aromatic nitrogens is 2. The van der Waals surface area contributed by atoms with Gasteiger partial charge < -0.3 is 9.84 Å². The van der Waals surface area contributed by atoms with Gasteiger partial charge in [-0.15, -0.1) is 0 Å². The lowest BCUT2D eigenvalue weighted by molar-refractivity contribution is 0.0566. The van der Waals surface area contributed by atoms with E-state index in [1.807, 2.05) is 6.08 Å². The third-order valence-corrected chi connectivity index (χ3v) is 5.63. The number of aromatic hydroxyl groups is 1. The molecule has 0 radical (unpaired) electrons. The van der Waals surface area contributed by atoms with Gasteiger partial charge in [0.25, 0.3) is 0 Å². The second-order valence-electron chi connectivity index (χ2n) is 8.39. The first-order chi connectivity index (χ1) is 16.5. The molecule has 0 fully saturated rings. The molecule has 1 N–H and O–H groups in total. The number of halogens is 2. The van der Waals surface area contributed by atoms with Crippen molar-refractivity contribution in [2.45, 2.75) is 58.5 Å². The standard InChI is InChI=1S/C28H32F2N2O2/c1-3-4-8-17-34-20(2)9-6-5-7-10-22-15-16-25(27(30)26(22)29)21-11-13-23(14-12-21)28-31-18-24(33)19-32-28/h7,10-16,18-20,33H,3-6,8-9,17H2,1-2H3. The average molecular weight is 467 g/mol. The summed E-state index contributed by atoms with van der Waals surface area (Å²) in [6.45, 7) is 5.05. The molecule has 0 bridgehead atoms. The van der Waals surface area contributed by atoms with Gasteiger partial charge >= 0.3 is 0 Å². The largest absolute Gasteiger partial charge is 0.505 e. The molecule has 1 aromatic heterocycles. The van der Waals surface area contributed by atoms with Crippen molar-refractivity contribution >= 4 is 6.08 Å². The SMILES string of the molecule is CCCCCOC(C)CCCC=Cc1ccc(-c2ccc(-c3ncc(O)cn3)cc2)c(F)c1F. The average Bonchev–Trinajstić information content (AvgIpc) is 2.85. The van der Waals surface area contributed by atoms with E-state index in [9.17, 15) is 13.9 Å². The predicted octanol–water partition coefficient (Wildman–Crippen LogP) is 7.57. The summed E-state index contributed by atoms with van der Waals surface area (Å²) in [5.41, 5.74) is 1.70. The summed E-state index contributed by atoms with van der Waals surface area (Å²) in [4.78, 5) is 8.11. The number of hydrogen-bond acceptors (Lipinski definition) is 4. The molecule has 0 spiro atoms. The molecule has 180 valence electrons. The van der Waals surface area contributed by atoms with Crippen LogP contribution in [0.3, 0.4) is 0 Å². The number of allylic oxidation sites excluding steroid dienone is 1. The summed E-state index contributed by atoms with van der Waals surface area (Å²) in [5.74, 6) is -1.31. The normalized spacial score (nSPS) is 12.4. The summed E-state index contributed by atoms with van der Waals surface area (Å²) in [6, 6.07) is 10.1. The molecule has 0 saturated carbocycles. The molecule has 34 heavy (non-hydrogen) atoms. The second-order valence-corrected chi connectivity index (χ2v) is 8.39. The van der Waals surface area contributed by atoms with Gasteiger partial charge in [0, 0.05) is 23.3 Å². The molecule has 1 atom stereocenters. The number of ether oxygens (including phenoxy) is 1. The Kier molecular flexibility index (Phi) is 9.71. The highest BCUT2D eigenvalue weighted by Gasteiger charge is 2.14. The Balaban J connectivity index is 1.56. The molecular formula is C28H32F2N2O2. The van der Waals surface area contributed by atoms with Crippen LogP contribution >= 0.6 is 0 Å². The molecule has 0 aliphatic heterocycles. The Morgan fingerprint density at radius 3 is 2.35 bits per heavy atom. The fraction of sp³-hybridized carbons (Fsp3) is 0.357. The number of nitrogens with zero attached hydrogens (tertiary/aromatic N) is 2. The molecule has 0 aliphatic carbocycles. The number of benzene rings is 2. The topological polar surface area (TPSA) is 55.2 Å². The summed E-state index contributed by atoms with van der Waals surface area (Å²) >= 11 is 0. The molecule has 3 rings (SSSR count). The van der Waals surface area contributed by atoms with Crippen LogP contribution in [0.15, 0.2) is 54.9 Å². The molecule has 4 nitrogen and oxygen atoms in total. The van der Waals surface area contributed by atoms with Gasteiger partial charge in [-0.25, -0.2) is 18.7 Å². The van der Waals surface area contributed by atoms with Gasteiger partial charge in [0.15, 0.2) is 23.2 Å². The Morgan fingerprint density at radius 1 is 0.941 bits per heavy atom. The maximum Gasteiger partial charge on any atom is 0.167 e. The highest BCUT2D eigenvalue weighted by molar-refractivity contribution is 5.70. The maximum atomic E-state index is 14.8. The monoisotopic (exact) mass is 466 g/mol. The highest BCUT2D eigenvalue weighted by Crippen LogP contribution is 2.29. The highest BCUT2D eigenvalue weighted by atomic mass is 19.2. The zero-order valence-electron chi connectivity index (χ0n) is 19.8. The maximum absolute atomic E-state index is 14.8. The quantitative estimate of drug-likeness (QED) is 0.280. The Hall–Kier alpha value is -3.12. The predicted molar refractivity (Wildman–Crippen MR) is 132 cm³/mol. The number of unbranched alkanes of at least 4 members (excludes halogenated alkanes) is 3. The summed E-state index contributed by atoms with van der Waals surface area (Å²) in [6.07, 6.45) is 12.5. The minimum Gasteiger partial charge on any atom is -0.505 e. The van der Waals surface area contributed by atoms with Crippen LogP contribution in [-0.2, 0) is 4.74 Å². The second kappa shape index (κ2) is 12.9. The van der Waals surface area contributed by atoms with Gasteiger partial charge in [-0.05, 0) is 38.2 Å². The molecule has 0 amide bonds. The van der Waals surface area contributed by atoms with E-state index >= 15 is 0 Å². The van der Waals surface area contributed by atoms with Crippen LogP contribution in [0.1, 0.15) is 57.9 Å². The van der Waals surface area contributed by atoms with E-state index in [1.165, 1.54) is 25.2 Å². The van der Waals surface area contributed by atoms with E-state index < -0.39 is 11.6 Å². The number of hydrogen-bond donors (Lipinski definition) is 1. The van der Waals surface area contributed by atoms with Crippen molar-refractivity contribution in [2.24, 2.45) is 0 Å². The summed E-state index contributed by atoms with van der Waals surface area (Å²) in [7, 11) is 0. The Morgan fingerprint density at radius 2 is 1.65 bits per heavy atom. The van der Waals surface area contributed by atoms with E-state index in [-0.39, 0.29) is 23.0 Å². The first-order valence-electron chi connectivity index (χ1n) is 11.9. The Labute approximate surface area is 200 Å². The Bertz CT molecular complexity index is 1070. The van der Waals surface area contributed by atoms with Crippen molar-refractivity contribution in [2.75, 3.05) is 6.61 Å². The third kappa shape index (κ3) is 7.19. The first-order valence-corrected chi connectivity index (χ1v) is 11.9. The van der Waals surface area contributed by atoms with Crippen LogP contribution in [0.4, 0.5) is 8.78 Å². The third-order valence-electron chi connectivity index (χ3n) is 5.63. The van der Waals surface area contributed by atoms with E-state index in [0.717, 1.165) is 32.3 Å². The van der Waals surface area contributed by atoms with Crippen LogP contribution in [0, 0.1) is 11.6 Å². The lowest BCUT2D eigenvalue weighted by atomic mass is 10.0. The van der Waals surface area contributed by atoms with Gasteiger partial charge in [0.2, 0.25) is 0 Å². The summed E-state index contributed by atoms with van der Waals surface area (Å²) in [5, 5.41) is 9.31. The van der Waals surface area contributed by atoms with E-state index in [0.29, 0.717) is 17.0 Å². The molecule has 6 heteroatoms. The molecular weight excluding hydrogens is 434 g/mol. The molecule has 2 aromatic carbocycles. The zero-order chi connectivity index (χ0) is 24.3. The van der Waals surface area contributed by atoms with E-state index in [2.05, 4.69) is 23.8 Å². The van der Waals surface area contributed by atoms with E-state index in [4.69, 9.17) is 4.74 Å². The van der Waals surface area contributed by atoms with Gasteiger partial charge in [0.05, 0.1) is 18.5 Å². The van der Waals surface area contributed by atoms with Crippen molar-refractivity contribution in [1.82, 2.24) is 9.97 Å². The van der Waals surface area contributed by atoms with Crippen molar-refractivity contribution < 1.29 is 18.6 Å². The first kappa shape index (κ1) is 25.5. The van der Waals surface area contributed by atoms with Gasteiger partial charge in [0.1, 0.15) is 0 Å². The lowest BCUT2D eigenvalue weighted by Crippen LogP contribution is -2.08. The van der Waals surface area contributed by atoms with Crippen molar-refractivity contribution in [1.29, 1.82) is 0 Å². The molecule has 1 heterocycles. The lowest BCUT2D eigenvalue weighted by Gasteiger charge is -2.12. The number of rotatable bonds is 12. The minimum absolute atomic E-state index is 0.0200. The smallest absolute Gasteiger partial charge is 0.167 e. The van der Waals surface area contributed by atoms with Gasteiger partial charge in [-0.2, -0.15) is 0 Å². The van der Waals surface area contributed by atoms with Gasteiger partial charge in [-0.3, -0.25) is 0 Å². The fourth-order valence-electron chi connectivity index (χ4n) is 3.64. The molecule has 1 unspecified atom stereocenters. The van der Waals surface area contributed by atoms with Crippen LogP contribution in [-0.4, -0.2) is 27.8 Å². The van der Waals surface area contributed by atoms with E-state index in [1.54, 1.807) is 42.5 Å². The molecule has 3 aromatic rings. The zero-order valence-corrected chi connectivity index (χ0v) is 19.8. The van der Waals surface area contributed by atoms with Crippen LogP contribution in [0.2, 0.25) is 0 Å².